The van der Waals surface area contributed by atoms with Crippen LogP contribution in [-0.4, -0.2) is 33.2 Å². The average Bonchev–Trinajstić information content (AvgIpc) is 3.29. The molecule has 0 aliphatic rings. The van der Waals surface area contributed by atoms with Crippen molar-refractivity contribution < 1.29 is 41.2 Å². The third-order valence-corrected chi connectivity index (χ3v) is 6.73. The maximum absolute atomic E-state index is 13.7. The van der Waals surface area contributed by atoms with Gasteiger partial charge in [-0.3, -0.25) is 4.52 Å². The van der Waals surface area contributed by atoms with Gasteiger partial charge in [0.1, 0.15) is 21.6 Å². The molecule has 1 unspecified atom stereocenters. The summed E-state index contributed by atoms with van der Waals surface area (Å²) in [7, 11) is -4.77. The van der Waals surface area contributed by atoms with Crippen LogP contribution in [0.4, 0.5) is 17.6 Å². The number of phosphoric ester groups is 1. The van der Waals surface area contributed by atoms with E-state index in [2.05, 4.69) is 14.7 Å². The zero-order valence-corrected chi connectivity index (χ0v) is 20.7. The lowest BCUT2D eigenvalue weighted by Crippen LogP contribution is -2.37. The molecule has 1 atom stereocenters. The van der Waals surface area contributed by atoms with E-state index in [1.165, 1.54) is 31.2 Å². The van der Waals surface area contributed by atoms with Gasteiger partial charge in [0.2, 0.25) is 0 Å². The zero-order chi connectivity index (χ0) is 26.6. The maximum atomic E-state index is 13.7. The van der Waals surface area contributed by atoms with Gasteiger partial charge in [-0.2, -0.15) is 13.2 Å². The summed E-state index contributed by atoms with van der Waals surface area (Å²) in [5.41, 5.74) is 4.65. The number of aryl methyl sites for hydroxylation is 1. The van der Waals surface area contributed by atoms with Crippen molar-refractivity contribution in [3.8, 4) is 16.3 Å². The van der Waals surface area contributed by atoms with E-state index in [1.54, 1.807) is 12.1 Å². The molecule has 1 aromatic heterocycles. The van der Waals surface area contributed by atoms with E-state index < -0.39 is 31.7 Å². The summed E-state index contributed by atoms with van der Waals surface area (Å²) in [6.07, 6.45) is -2.88. The lowest BCUT2D eigenvalue weighted by atomic mass is 10.1. The van der Waals surface area contributed by atoms with Gasteiger partial charge in [-0.15, -0.1) is 10.2 Å². The van der Waals surface area contributed by atoms with Gasteiger partial charge in [0.15, 0.2) is 0 Å². The summed E-state index contributed by atoms with van der Waals surface area (Å²) >= 11 is 0.880. The highest BCUT2D eigenvalue weighted by molar-refractivity contribution is 7.46. The summed E-state index contributed by atoms with van der Waals surface area (Å²) in [6.45, 7) is 0.895. The minimum absolute atomic E-state index is 0.0671. The van der Waals surface area contributed by atoms with Crippen LogP contribution in [0.5, 0.6) is 5.75 Å². The van der Waals surface area contributed by atoms with Crippen molar-refractivity contribution >= 4 is 19.2 Å². The monoisotopic (exact) mass is 549 g/mol. The Labute approximate surface area is 208 Å². The molecule has 8 nitrogen and oxygen atoms in total. The fourth-order valence-corrected chi connectivity index (χ4v) is 4.45. The summed E-state index contributed by atoms with van der Waals surface area (Å²) < 4.78 is 74.9. The topological polar surface area (TPSA) is 128 Å². The summed E-state index contributed by atoms with van der Waals surface area (Å²) in [4.78, 5) is 17.7. The molecule has 3 aromatic rings. The quantitative estimate of drug-likeness (QED) is 0.172. The predicted molar refractivity (Wildman–Crippen MR) is 125 cm³/mol. The number of nitrogens with zero attached hydrogens (tertiary/aromatic N) is 2. The van der Waals surface area contributed by atoms with Crippen molar-refractivity contribution in [2.75, 3.05) is 13.2 Å². The van der Waals surface area contributed by atoms with Gasteiger partial charge >= 0.3 is 14.0 Å². The maximum Gasteiger partial charge on any atom is 0.469 e. The van der Waals surface area contributed by atoms with Crippen molar-refractivity contribution in [2.24, 2.45) is 5.73 Å². The highest BCUT2D eigenvalue weighted by atomic mass is 32.1. The molecule has 4 N–H and O–H groups in total. The van der Waals surface area contributed by atoms with Crippen LogP contribution < -0.4 is 10.5 Å². The first-order valence-corrected chi connectivity index (χ1v) is 13.0. The van der Waals surface area contributed by atoms with E-state index in [1.807, 2.05) is 0 Å². The first kappa shape index (κ1) is 28.2. The Balaban J connectivity index is 1.67. The molecule has 14 heteroatoms. The number of halogens is 4. The van der Waals surface area contributed by atoms with Crippen LogP contribution in [0, 0.1) is 5.82 Å². The second-order valence-corrected chi connectivity index (χ2v) is 10.5. The zero-order valence-electron chi connectivity index (χ0n) is 19.0. The molecule has 2 aromatic carbocycles. The van der Waals surface area contributed by atoms with Crippen molar-refractivity contribution in [2.45, 2.75) is 37.9 Å². The molecule has 0 saturated carbocycles. The Hall–Kier alpha value is -2.41. The Morgan fingerprint density at radius 2 is 1.78 bits per heavy atom. The van der Waals surface area contributed by atoms with Crippen LogP contribution in [-0.2, 0) is 27.2 Å². The van der Waals surface area contributed by atoms with Crippen molar-refractivity contribution in [1.29, 1.82) is 0 Å². The van der Waals surface area contributed by atoms with E-state index in [9.17, 15) is 22.1 Å². The number of rotatable bonds is 11. The van der Waals surface area contributed by atoms with Crippen LogP contribution in [0.3, 0.4) is 0 Å². The Bertz CT molecular complexity index is 1220. The molecule has 1 heterocycles. The van der Waals surface area contributed by atoms with Gasteiger partial charge in [0, 0.05) is 5.56 Å². The standard InChI is InChI=1S/C22H24F4N3O5PS/c1-21(27,13-34-35(30,31)32)20-29-28-19(36-20)15-7-10-18(17(12-15)22(24,25)26)33-11-3-2-4-14-5-8-16(23)9-6-14/h5-10,12H,2-4,11,13,27H2,1H3,(H2,30,31,32). The van der Waals surface area contributed by atoms with E-state index >= 15 is 0 Å². The van der Waals surface area contributed by atoms with E-state index in [-0.39, 0.29) is 33.8 Å². The summed E-state index contributed by atoms with van der Waals surface area (Å²) in [6, 6.07) is 9.55. The SMILES string of the molecule is CC(N)(COP(=O)(O)O)c1nnc(-c2ccc(OCCCCc3ccc(F)cc3)c(C(F)(F)F)c2)s1. The smallest absolute Gasteiger partial charge is 0.469 e. The molecule has 0 amide bonds. The molecule has 36 heavy (non-hydrogen) atoms. The summed E-state index contributed by atoms with van der Waals surface area (Å²) in [5.74, 6) is -0.655. The molecule has 0 radical (unpaired) electrons. The number of phosphoric acid groups is 1. The fraction of sp³-hybridized carbons (Fsp3) is 0.364. The molecule has 196 valence electrons. The molecule has 0 saturated heterocycles. The third kappa shape index (κ3) is 8.05. The van der Waals surface area contributed by atoms with E-state index in [4.69, 9.17) is 20.3 Å². The van der Waals surface area contributed by atoms with Crippen molar-refractivity contribution in [3.05, 3.63) is 64.4 Å². The Morgan fingerprint density at radius 1 is 1.08 bits per heavy atom. The van der Waals surface area contributed by atoms with E-state index in [0.29, 0.717) is 19.3 Å². The minimum atomic E-state index is -4.77. The van der Waals surface area contributed by atoms with Crippen LogP contribution in [0.25, 0.3) is 10.6 Å². The minimum Gasteiger partial charge on any atom is -0.493 e. The lowest BCUT2D eigenvalue weighted by molar-refractivity contribution is -0.138. The third-order valence-electron chi connectivity index (χ3n) is 5.01. The number of nitrogens with two attached hydrogens (primary N) is 1. The molecule has 0 fully saturated rings. The molecular weight excluding hydrogens is 525 g/mol. The Morgan fingerprint density at radius 3 is 2.42 bits per heavy atom. The van der Waals surface area contributed by atoms with Crippen LogP contribution in [0.2, 0.25) is 0 Å². The molecule has 3 rings (SSSR count). The van der Waals surface area contributed by atoms with Gasteiger partial charge in [-0.05, 0) is 62.1 Å². The highest BCUT2D eigenvalue weighted by Crippen LogP contribution is 2.41. The summed E-state index contributed by atoms with van der Waals surface area (Å²) in [5, 5.41) is 7.99. The van der Waals surface area contributed by atoms with Crippen molar-refractivity contribution in [1.82, 2.24) is 10.2 Å². The molecule has 0 aliphatic carbocycles. The molecule has 0 spiro atoms. The number of benzene rings is 2. The largest absolute Gasteiger partial charge is 0.493 e. The van der Waals surface area contributed by atoms with Gasteiger partial charge < -0.3 is 20.3 Å². The molecular formula is C22H24F4N3O5PS. The normalized spacial score (nSPS) is 14.0. The Kier molecular flexibility index (Phi) is 8.86. The van der Waals surface area contributed by atoms with Gasteiger partial charge in [0.05, 0.1) is 24.3 Å². The number of unbranched alkanes of at least 4 members (excludes halogenated alkanes) is 1. The van der Waals surface area contributed by atoms with Crippen molar-refractivity contribution in [3.63, 3.8) is 0 Å². The number of ether oxygens (including phenoxy) is 1. The first-order chi connectivity index (χ1) is 16.7. The molecule has 0 aliphatic heterocycles. The fourth-order valence-electron chi connectivity index (χ4n) is 3.13. The molecule has 0 bridgehead atoms. The van der Waals surface area contributed by atoms with Gasteiger partial charge in [-0.25, -0.2) is 8.96 Å². The van der Waals surface area contributed by atoms with E-state index in [0.717, 1.165) is 23.0 Å². The van der Waals surface area contributed by atoms with Crippen LogP contribution in [0.1, 0.15) is 35.9 Å². The first-order valence-electron chi connectivity index (χ1n) is 10.7. The predicted octanol–water partition coefficient (Wildman–Crippen LogP) is 5.05. The highest BCUT2D eigenvalue weighted by Gasteiger charge is 2.35. The second-order valence-electron chi connectivity index (χ2n) is 8.23. The number of hydrogen-bond donors (Lipinski definition) is 3. The van der Waals surface area contributed by atoms with Crippen LogP contribution >= 0.6 is 19.2 Å². The van der Waals surface area contributed by atoms with Gasteiger partial charge in [-0.1, -0.05) is 23.5 Å². The number of aromatic nitrogens is 2. The van der Waals surface area contributed by atoms with Crippen LogP contribution in [0.15, 0.2) is 42.5 Å². The van der Waals surface area contributed by atoms with Gasteiger partial charge in [0.25, 0.3) is 0 Å². The second kappa shape index (κ2) is 11.3. The lowest BCUT2D eigenvalue weighted by Gasteiger charge is -2.21. The number of alkyl halides is 3. The average molecular weight is 549 g/mol. The number of hydrogen-bond acceptors (Lipinski definition) is 7.